The molecule has 0 bridgehead atoms. The van der Waals surface area contributed by atoms with Crippen LogP contribution in [-0.4, -0.2) is 12.1 Å². The molecule has 30 heavy (non-hydrogen) atoms. The molecule has 0 amide bonds. The Balaban J connectivity index is 1.39. The molecule has 2 saturated carbocycles. The Kier molecular flexibility index (Phi) is 8.75. The molecule has 0 spiro atoms. The van der Waals surface area contributed by atoms with Crippen molar-refractivity contribution in [2.75, 3.05) is 0 Å². The van der Waals surface area contributed by atoms with Crippen LogP contribution in [0.15, 0.2) is 48.6 Å². The maximum atomic E-state index is 12.7. The quantitative estimate of drug-likeness (QED) is 0.290. The van der Waals surface area contributed by atoms with Gasteiger partial charge in [0.25, 0.3) is 0 Å². The molecule has 0 saturated heterocycles. The van der Waals surface area contributed by atoms with Gasteiger partial charge < -0.3 is 4.74 Å². The van der Waals surface area contributed by atoms with E-state index in [1.807, 2.05) is 12.1 Å². The summed E-state index contributed by atoms with van der Waals surface area (Å²) in [7, 11) is 0. The Bertz CT molecular complexity index is 755. The van der Waals surface area contributed by atoms with Gasteiger partial charge in [0.05, 0.1) is 12.0 Å². The Morgan fingerprint density at radius 3 is 2.37 bits per heavy atom. The molecule has 0 aromatic heterocycles. The lowest BCUT2D eigenvalue weighted by Gasteiger charge is -2.31. The van der Waals surface area contributed by atoms with Crippen LogP contribution in [0.1, 0.15) is 81.8 Å². The first kappa shape index (κ1) is 22.3. The molecule has 0 radical (unpaired) electrons. The van der Waals surface area contributed by atoms with Crippen molar-refractivity contribution in [1.29, 1.82) is 5.26 Å². The van der Waals surface area contributed by atoms with Crippen molar-refractivity contribution in [2.24, 2.45) is 11.8 Å². The summed E-state index contributed by atoms with van der Waals surface area (Å²) >= 11 is 0. The highest BCUT2D eigenvalue weighted by atomic mass is 16.5. The molecule has 0 N–H and O–H groups in total. The summed E-state index contributed by atoms with van der Waals surface area (Å²) in [5.41, 5.74) is 2.85. The summed E-state index contributed by atoms with van der Waals surface area (Å²) in [4.78, 5) is 12.7. The number of rotatable bonds is 7. The van der Waals surface area contributed by atoms with Crippen molar-refractivity contribution in [3.8, 4) is 6.07 Å². The number of hydrogen-bond donors (Lipinski definition) is 0. The molecule has 1 aromatic carbocycles. The second kappa shape index (κ2) is 11.7. The van der Waals surface area contributed by atoms with Crippen molar-refractivity contribution in [2.45, 2.75) is 83.2 Å². The second-order valence-corrected chi connectivity index (χ2v) is 8.89. The molecular weight excluding hydrogens is 370 g/mol. The molecule has 2 aliphatic carbocycles. The zero-order valence-electron chi connectivity index (χ0n) is 18.3. The third-order valence-electron chi connectivity index (χ3n) is 6.72. The smallest absolute Gasteiger partial charge is 0.309 e. The van der Waals surface area contributed by atoms with E-state index in [1.165, 1.54) is 23.6 Å². The van der Waals surface area contributed by atoms with E-state index in [1.54, 1.807) is 6.08 Å². The first-order chi connectivity index (χ1) is 14.7. The molecule has 3 rings (SSSR count). The monoisotopic (exact) mass is 405 g/mol. The van der Waals surface area contributed by atoms with Crippen LogP contribution < -0.4 is 0 Å². The highest BCUT2D eigenvalue weighted by Crippen LogP contribution is 2.37. The minimum Gasteiger partial charge on any atom is -0.462 e. The van der Waals surface area contributed by atoms with E-state index >= 15 is 0 Å². The van der Waals surface area contributed by atoms with E-state index in [0.717, 1.165) is 57.8 Å². The molecule has 1 aromatic rings. The van der Waals surface area contributed by atoms with E-state index in [0.29, 0.717) is 11.8 Å². The summed E-state index contributed by atoms with van der Waals surface area (Å²) in [5, 5.41) is 8.51. The second-order valence-electron chi connectivity index (χ2n) is 8.89. The van der Waals surface area contributed by atoms with Gasteiger partial charge in [-0.25, -0.2) is 0 Å². The molecule has 3 nitrogen and oxygen atoms in total. The minimum atomic E-state index is 0.0303. The summed E-state index contributed by atoms with van der Waals surface area (Å²) in [6, 6.07) is 11.1. The minimum absolute atomic E-state index is 0.0303. The Labute approximate surface area is 181 Å². The number of ether oxygens (including phenoxy) is 1. The van der Waals surface area contributed by atoms with E-state index in [9.17, 15) is 4.79 Å². The lowest BCUT2D eigenvalue weighted by Crippen LogP contribution is -2.29. The van der Waals surface area contributed by atoms with Crippen molar-refractivity contribution < 1.29 is 9.53 Å². The topological polar surface area (TPSA) is 50.1 Å². The SMILES string of the molecule is CCCc1ccc(C2CCC(C(=O)OC3CCC(/C=C/C=CC#N)CC3)CC2)cc1. The molecule has 0 unspecified atom stereocenters. The maximum absolute atomic E-state index is 12.7. The molecule has 3 heteroatoms. The number of hydrogen-bond acceptors (Lipinski definition) is 3. The molecule has 2 fully saturated rings. The van der Waals surface area contributed by atoms with Gasteiger partial charge in [0, 0.05) is 6.08 Å². The largest absolute Gasteiger partial charge is 0.462 e. The van der Waals surface area contributed by atoms with Crippen LogP contribution in [0.2, 0.25) is 0 Å². The lowest BCUT2D eigenvalue weighted by molar-refractivity contribution is -0.157. The summed E-state index contributed by atoms with van der Waals surface area (Å²) < 4.78 is 5.89. The zero-order valence-corrected chi connectivity index (χ0v) is 18.3. The highest BCUT2D eigenvalue weighted by Gasteiger charge is 2.30. The molecule has 2 aliphatic rings. The predicted octanol–water partition coefficient (Wildman–Crippen LogP) is 6.65. The van der Waals surface area contributed by atoms with Gasteiger partial charge >= 0.3 is 5.97 Å². The van der Waals surface area contributed by atoms with Crippen LogP contribution >= 0.6 is 0 Å². The predicted molar refractivity (Wildman–Crippen MR) is 121 cm³/mol. The normalized spacial score (nSPS) is 27.2. The van der Waals surface area contributed by atoms with Gasteiger partial charge in [-0.3, -0.25) is 4.79 Å². The van der Waals surface area contributed by atoms with Gasteiger partial charge in [-0.1, -0.05) is 55.8 Å². The number of carbonyl (C=O) groups excluding carboxylic acids is 1. The first-order valence-corrected chi connectivity index (χ1v) is 11.7. The van der Waals surface area contributed by atoms with Gasteiger partial charge in [0.1, 0.15) is 6.10 Å². The fraction of sp³-hybridized carbons (Fsp3) is 0.556. The summed E-state index contributed by atoms with van der Waals surface area (Å²) in [5.74, 6) is 1.22. The van der Waals surface area contributed by atoms with E-state index in [4.69, 9.17) is 10.00 Å². The first-order valence-electron chi connectivity index (χ1n) is 11.7. The molecule has 0 aliphatic heterocycles. The van der Waals surface area contributed by atoms with Crippen LogP contribution in [-0.2, 0) is 16.0 Å². The van der Waals surface area contributed by atoms with Crippen molar-refractivity contribution >= 4 is 5.97 Å². The third kappa shape index (κ3) is 6.59. The number of nitriles is 1. The fourth-order valence-electron chi connectivity index (χ4n) is 4.89. The number of esters is 1. The number of allylic oxidation sites excluding steroid dienone is 4. The number of nitrogens with zero attached hydrogens (tertiary/aromatic N) is 1. The number of aryl methyl sites for hydroxylation is 1. The number of carbonyl (C=O) groups is 1. The van der Waals surface area contributed by atoms with Crippen LogP contribution in [0.25, 0.3) is 0 Å². The summed E-state index contributed by atoms with van der Waals surface area (Å²) in [6.07, 6.45) is 17.9. The van der Waals surface area contributed by atoms with Crippen molar-refractivity contribution in [3.63, 3.8) is 0 Å². The van der Waals surface area contributed by atoms with E-state index in [-0.39, 0.29) is 18.0 Å². The molecule has 0 heterocycles. The Morgan fingerprint density at radius 2 is 1.73 bits per heavy atom. The lowest BCUT2D eigenvalue weighted by atomic mass is 9.78. The summed E-state index contributed by atoms with van der Waals surface area (Å²) in [6.45, 7) is 2.22. The molecule has 160 valence electrons. The van der Waals surface area contributed by atoms with Crippen molar-refractivity contribution in [3.05, 3.63) is 59.7 Å². The molecular formula is C27H35NO2. The van der Waals surface area contributed by atoms with Crippen molar-refractivity contribution in [1.82, 2.24) is 0 Å². The van der Waals surface area contributed by atoms with Crippen LogP contribution in [0.4, 0.5) is 0 Å². The van der Waals surface area contributed by atoms with Crippen LogP contribution in [0.3, 0.4) is 0 Å². The average molecular weight is 406 g/mol. The third-order valence-corrected chi connectivity index (χ3v) is 6.72. The standard InChI is InChI=1S/C27H35NO2/c1-2-6-21-8-12-23(13-9-21)24-14-16-25(17-15-24)27(29)30-26-18-10-22(11-19-26)7-4-3-5-20-28/h3-5,7-9,12-13,22,24-26H,2,6,10-11,14-19H2,1H3/b5-3?,7-4+. The van der Waals surface area contributed by atoms with E-state index in [2.05, 4.69) is 37.3 Å². The van der Waals surface area contributed by atoms with Gasteiger partial charge in [-0.2, -0.15) is 5.26 Å². The van der Waals surface area contributed by atoms with Gasteiger partial charge in [0.15, 0.2) is 0 Å². The van der Waals surface area contributed by atoms with Crippen LogP contribution in [0, 0.1) is 23.2 Å². The Hall–Kier alpha value is -2.34. The Morgan fingerprint density at radius 1 is 1.03 bits per heavy atom. The van der Waals surface area contributed by atoms with E-state index < -0.39 is 0 Å². The average Bonchev–Trinajstić information content (AvgIpc) is 2.79. The molecule has 0 atom stereocenters. The fourth-order valence-corrected chi connectivity index (χ4v) is 4.89. The highest BCUT2D eigenvalue weighted by molar-refractivity contribution is 5.72. The van der Waals surface area contributed by atoms with Crippen LogP contribution in [0.5, 0.6) is 0 Å². The van der Waals surface area contributed by atoms with Gasteiger partial charge in [-0.05, 0) is 80.8 Å². The number of benzene rings is 1. The maximum Gasteiger partial charge on any atom is 0.309 e. The van der Waals surface area contributed by atoms with Gasteiger partial charge in [0.2, 0.25) is 0 Å². The zero-order chi connectivity index (χ0) is 21.2. The van der Waals surface area contributed by atoms with Gasteiger partial charge in [-0.15, -0.1) is 0 Å².